The Labute approximate surface area is 134 Å². The molecule has 0 saturated carbocycles. The van der Waals surface area contributed by atoms with Crippen molar-refractivity contribution in [3.05, 3.63) is 46.5 Å². The summed E-state index contributed by atoms with van der Waals surface area (Å²) in [6.45, 7) is 4.15. The Morgan fingerprint density at radius 2 is 2.23 bits per heavy atom. The molecule has 0 saturated heterocycles. The van der Waals surface area contributed by atoms with Gasteiger partial charge in [0.2, 0.25) is 5.95 Å². The second-order valence-electron chi connectivity index (χ2n) is 5.19. The number of aromatic nitrogens is 4. The lowest BCUT2D eigenvalue weighted by atomic mass is 10.2. The Morgan fingerprint density at radius 3 is 2.86 bits per heavy atom. The standard InChI is InChI=1S/C16H19N5S/c1-4-13(15-6-5-9-22-15)18-16-17-8-7-14(19-16)12-10-21(3)20-11(12)2/h5-10,13H,4H2,1-3H3,(H,17,18,19). The van der Waals surface area contributed by atoms with E-state index in [4.69, 9.17) is 0 Å². The molecule has 0 aromatic carbocycles. The van der Waals surface area contributed by atoms with Crippen molar-refractivity contribution in [2.45, 2.75) is 26.3 Å². The van der Waals surface area contributed by atoms with Crippen molar-refractivity contribution in [3.63, 3.8) is 0 Å². The highest BCUT2D eigenvalue weighted by Crippen LogP contribution is 2.26. The Morgan fingerprint density at radius 1 is 1.36 bits per heavy atom. The van der Waals surface area contributed by atoms with E-state index in [2.05, 4.69) is 44.8 Å². The van der Waals surface area contributed by atoms with Crippen LogP contribution in [0.2, 0.25) is 0 Å². The number of rotatable bonds is 5. The Balaban J connectivity index is 1.86. The number of hydrogen-bond acceptors (Lipinski definition) is 5. The average molecular weight is 313 g/mol. The summed E-state index contributed by atoms with van der Waals surface area (Å²) in [5.41, 5.74) is 2.90. The highest BCUT2D eigenvalue weighted by molar-refractivity contribution is 7.10. The maximum atomic E-state index is 4.64. The first-order valence-electron chi connectivity index (χ1n) is 7.31. The summed E-state index contributed by atoms with van der Waals surface area (Å²) >= 11 is 1.75. The maximum Gasteiger partial charge on any atom is 0.223 e. The van der Waals surface area contributed by atoms with Crippen LogP contribution in [-0.2, 0) is 7.05 Å². The SMILES string of the molecule is CCC(Nc1nccc(-c2cn(C)nc2C)n1)c1cccs1. The Bertz CT molecular complexity index is 748. The minimum Gasteiger partial charge on any atom is -0.347 e. The van der Waals surface area contributed by atoms with Crippen molar-refractivity contribution in [2.75, 3.05) is 5.32 Å². The normalized spacial score (nSPS) is 12.3. The Kier molecular flexibility index (Phi) is 4.20. The zero-order valence-corrected chi connectivity index (χ0v) is 13.8. The van der Waals surface area contributed by atoms with Gasteiger partial charge in [0.15, 0.2) is 0 Å². The molecule has 0 bridgehead atoms. The van der Waals surface area contributed by atoms with Gasteiger partial charge in [-0.3, -0.25) is 4.68 Å². The molecule has 0 radical (unpaired) electrons. The van der Waals surface area contributed by atoms with Crippen molar-refractivity contribution in [1.82, 2.24) is 19.7 Å². The first-order chi connectivity index (χ1) is 10.7. The van der Waals surface area contributed by atoms with Gasteiger partial charge in [-0.2, -0.15) is 5.10 Å². The lowest BCUT2D eigenvalue weighted by Gasteiger charge is -2.15. The van der Waals surface area contributed by atoms with Crippen molar-refractivity contribution in [2.24, 2.45) is 7.05 Å². The van der Waals surface area contributed by atoms with Crippen molar-refractivity contribution in [3.8, 4) is 11.3 Å². The van der Waals surface area contributed by atoms with Crippen LogP contribution in [0.5, 0.6) is 0 Å². The van der Waals surface area contributed by atoms with Gasteiger partial charge in [-0.1, -0.05) is 13.0 Å². The number of hydrogen-bond donors (Lipinski definition) is 1. The predicted molar refractivity (Wildman–Crippen MR) is 89.9 cm³/mol. The van der Waals surface area contributed by atoms with E-state index in [1.165, 1.54) is 4.88 Å². The third-order valence-corrected chi connectivity index (χ3v) is 4.53. The van der Waals surface area contributed by atoms with E-state index >= 15 is 0 Å². The fraction of sp³-hybridized carbons (Fsp3) is 0.312. The van der Waals surface area contributed by atoms with Gasteiger partial charge < -0.3 is 5.32 Å². The van der Waals surface area contributed by atoms with Gasteiger partial charge in [-0.05, 0) is 30.9 Å². The molecule has 22 heavy (non-hydrogen) atoms. The molecule has 1 atom stereocenters. The lowest BCUT2D eigenvalue weighted by molar-refractivity contribution is 0.752. The number of nitrogens with zero attached hydrogens (tertiary/aromatic N) is 4. The summed E-state index contributed by atoms with van der Waals surface area (Å²) in [6.07, 6.45) is 4.76. The van der Waals surface area contributed by atoms with Crippen molar-refractivity contribution in [1.29, 1.82) is 0 Å². The van der Waals surface area contributed by atoms with E-state index in [0.29, 0.717) is 5.95 Å². The third-order valence-electron chi connectivity index (χ3n) is 3.54. The van der Waals surface area contributed by atoms with E-state index in [0.717, 1.165) is 23.4 Å². The molecule has 3 aromatic heterocycles. The van der Waals surface area contributed by atoms with E-state index in [-0.39, 0.29) is 6.04 Å². The second-order valence-corrected chi connectivity index (χ2v) is 6.17. The number of thiophene rings is 1. The molecule has 1 N–H and O–H groups in total. The summed E-state index contributed by atoms with van der Waals surface area (Å²) in [7, 11) is 1.92. The molecular weight excluding hydrogens is 294 g/mol. The molecule has 0 aliphatic carbocycles. The average Bonchev–Trinajstić information content (AvgIpc) is 3.15. The third kappa shape index (κ3) is 3.01. The summed E-state index contributed by atoms with van der Waals surface area (Å²) in [4.78, 5) is 10.3. The van der Waals surface area contributed by atoms with Crippen molar-refractivity contribution < 1.29 is 0 Å². The highest BCUT2D eigenvalue weighted by atomic mass is 32.1. The molecule has 6 heteroatoms. The molecule has 0 aliphatic heterocycles. The van der Waals surface area contributed by atoms with Crippen LogP contribution in [0, 0.1) is 6.92 Å². The first kappa shape index (κ1) is 14.7. The van der Waals surface area contributed by atoms with E-state index < -0.39 is 0 Å². The summed E-state index contributed by atoms with van der Waals surface area (Å²) in [5, 5.41) is 9.89. The maximum absolute atomic E-state index is 4.64. The summed E-state index contributed by atoms with van der Waals surface area (Å²) in [5.74, 6) is 0.654. The molecule has 0 aliphatic rings. The van der Waals surface area contributed by atoms with Gasteiger partial charge in [-0.15, -0.1) is 11.3 Å². The molecule has 114 valence electrons. The summed E-state index contributed by atoms with van der Waals surface area (Å²) < 4.78 is 1.81. The quantitative estimate of drug-likeness (QED) is 0.778. The largest absolute Gasteiger partial charge is 0.347 e. The molecule has 1 unspecified atom stereocenters. The van der Waals surface area contributed by atoms with E-state index in [1.807, 2.05) is 26.2 Å². The van der Waals surface area contributed by atoms with E-state index in [9.17, 15) is 0 Å². The summed E-state index contributed by atoms with van der Waals surface area (Å²) in [6, 6.07) is 6.37. The molecule has 3 heterocycles. The van der Waals surface area contributed by atoms with Gasteiger partial charge in [0, 0.05) is 29.9 Å². The van der Waals surface area contributed by atoms with Gasteiger partial charge in [-0.25, -0.2) is 9.97 Å². The van der Waals surface area contributed by atoms with Gasteiger partial charge in [0.25, 0.3) is 0 Å². The molecule has 0 spiro atoms. The predicted octanol–water partition coefficient (Wildman–Crippen LogP) is 3.81. The number of aryl methyl sites for hydroxylation is 2. The zero-order valence-electron chi connectivity index (χ0n) is 12.9. The molecular formula is C16H19N5S. The molecule has 3 aromatic rings. The Hall–Kier alpha value is -2.21. The van der Waals surface area contributed by atoms with Crippen molar-refractivity contribution >= 4 is 17.3 Å². The van der Waals surface area contributed by atoms with Gasteiger partial charge >= 0.3 is 0 Å². The van der Waals surface area contributed by atoms with Gasteiger partial charge in [0.05, 0.1) is 17.4 Å². The molecule has 3 rings (SSSR count). The zero-order chi connectivity index (χ0) is 15.5. The fourth-order valence-electron chi connectivity index (χ4n) is 2.45. The topological polar surface area (TPSA) is 55.6 Å². The molecule has 0 amide bonds. The van der Waals surface area contributed by atoms with Crippen LogP contribution >= 0.6 is 11.3 Å². The highest BCUT2D eigenvalue weighted by Gasteiger charge is 2.13. The lowest BCUT2D eigenvalue weighted by Crippen LogP contribution is -2.10. The minimum atomic E-state index is 0.241. The van der Waals surface area contributed by atoms with Crippen LogP contribution < -0.4 is 5.32 Å². The minimum absolute atomic E-state index is 0.241. The van der Waals surface area contributed by atoms with Crippen LogP contribution in [0.15, 0.2) is 36.0 Å². The van der Waals surface area contributed by atoms with Crippen LogP contribution in [0.1, 0.15) is 30.0 Å². The smallest absolute Gasteiger partial charge is 0.223 e. The number of anilines is 1. The van der Waals surface area contributed by atoms with Crippen LogP contribution in [0.25, 0.3) is 11.3 Å². The van der Waals surface area contributed by atoms with Gasteiger partial charge in [0.1, 0.15) is 0 Å². The van der Waals surface area contributed by atoms with Crippen LogP contribution in [-0.4, -0.2) is 19.7 Å². The molecule has 5 nitrogen and oxygen atoms in total. The fourth-order valence-corrected chi connectivity index (χ4v) is 3.31. The first-order valence-corrected chi connectivity index (χ1v) is 8.19. The van der Waals surface area contributed by atoms with Crippen LogP contribution in [0.4, 0.5) is 5.95 Å². The van der Waals surface area contributed by atoms with E-state index in [1.54, 1.807) is 22.2 Å². The monoisotopic (exact) mass is 313 g/mol. The van der Waals surface area contributed by atoms with Crippen LogP contribution in [0.3, 0.4) is 0 Å². The molecule has 0 fully saturated rings. The number of nitrogens with one attached hydrogen (secondary N) is 1. The second kappa shape index (κ2) is 6.27.